The lowest BCUT2D eigenvalue weighted by atomic mass is 9.86. The average molecular weight is 712 g/mol. The summed E-state index contributed by atoms with van der Waals surface area (Å²) in [5.41, 5.74) is 11.2. The fourth-order valence-corrected chi connectivity index (χ4v) is 8.68. The highest BCUT2D eigenvalue weighted by Gasteiger charge is 2.32. The van der Waals surface area contributed by atoms with Crippen molar-refractivity contribution in [1.29, 1.82) is 0 Å². The Hall–Kier alpha value is -6.44. The third kappa shape index (κ3) is 5.97. The number of benzene rings is 5. The predicted molar refractivity (Wildman–Crippen MR) is 227 cm³/mol. The third-order valence-corrected chi connectivity index (χ3v) is 11.5. The second kappa shape index (κ2) is 13.8. The van der Waals surface area contributed by atoms with E-state index in [2.05, 4.69) is 176 Å². The Morgan fingerprint density at radius 1 is 0.764 bits per heavy atom. The summed E-state index contributed by atoms with van der Waals surface area (Å²) in [6.07, 6.45) is 19.5. The molecule has 0 radical (unpaired) electrons. The summed E-state index contributed by atoms with van der Waals surface area (Å²) < 4.78 is 6.49. The van der Waals surface area contributed by atoms with Crippen LogP contribution in [0.4, 0.5) is 0 Å². The molecule has 4 heteroatoms. The molecule has 3 unspecified atom stereocenters. The van der Waals surface area contributed by atoms with E-state index >= 15 is 0 Å². The molecule has 3 atom stereocenters. The number of aliphatic imine (C=N–C) groups is 2. The van der Waals surface area contributed by atoms with Crippen LogP contribution < -0.4 is 0 Å². The number of fused-ring (bicyclic) bond motifs is 5. The van der Waals surface area contributed by atoms with Gasteiger partial charge in [0.1, 0.15) is 17.2 Å². The third-order valence-electron chi connectivity index (χ3n) is 11.5. The summed E-state index contributed by atoms with van der Waals surface area (Å²) in [7, 11) is 2.12. The van der Waals surface area contributed by atoms with Crippen molar-refractivity contribution < 1.29 is 4.42 Å². The van der Waals surface area contributed by atoms with Crippen LogP contribution in [0.3, 0.4) is 0 Å². The number of allylic oxidation sites excluding steroid dienone is 7. The zero-order valence-electron chi connectivity index (χ0n) is 31.2. The van der Waals surface area contributed by atoms with E-state index in [0.29, 0.717) is 5.84 Å². The van der Waals surface area contributed by atoms with Crippen molar-refractivity contribution in [1.82, 2.24) is 4.90 Å². The normalized spacial score (nSPS) is 21.7. The highest BCUT2D eigenvalue weighted by molar-refractivity contribution is 6.14. The lowest BCUT2D eigenvalue weighted by Gasteiger charge is -2.33. The lowest BCUT2D eigenvalue weighted by Crippen LogP contribution is -2.36. The molecule has 0 spiro atoms. The van der Waals surface area contributed by atoms with E-state index in [0.717, 1.165) is 76.1 Å². The number of aryl methyl sites for hydroxylation is 2. The van der Waals surface area contributed by atoms with Crippen LogP contribution in [0.25, 0.3) is 38.9 Å². The Bertz CT molecular complexity index is 2760. The second-order valence-electron chi connectivity index (χ2n) is 15.0. The van der Waals surface area contributed by atoms with E-state index in [1.165, 1.54) is 33.0 Å². The van der Waals surface area contributed by atoms with Gasteiger partial charge in [-0.25, -0.2) is 9.98 Å². The molecule has 0 bridgehead atoms. The predicted octanol–water partition coefficient (Wildman–Crippen LogP) is 11.9. The molecule has 0 saturated heterocycles. The van der Waals surface area contributed by atoms with Gasteiger partial charge in [0.2, 0.25) is 0 Å². The van der Waals surface area contributed by atoms with Gasteiger partial charge in [0.25, 0.3) is 0 Å². The summed E-state index contributed by atoms with van der Waals surface area (Å²) in [5, 5.41) is 3.56. The van der Waals surface area contributed by atoms with Gasteiger partial charge >= 0.3 is 0 Å². The quantitative estimate of drug-likeness (QED) is 0.132. The molecule has 1 aromatic heterocycles. The summed E-state index contributed by atoms with van der Waals surface area (Å²) in [6, 6.07) is 36.8. The van der Waals surface area contributed by atoms with Gasteiger partial charge in [-0.15, -0.1) is 0 Å². The Morgan fingerprint density at radius 3 is 2.51 bits per heavy atom. The molecule has 0 amide bonds. The number of amidine groups is 2. The first-order valence-electron chi connectivity index (χ1n) is 19.4. The molecule has 2 heterocycles. The molecule has 0 saturated carbocycles. The van der Waals surface area contributed by atoms with Crippen molar-refractivity contribution in [2.75, 3.05) is 7.05 Å². The number of furan rings is 1. The van der Waals surface area contributed by atoms with E-state index in [1.54, 1.807) is 0 Å². The summed E-state index contributed by atoms with van der Waals surface area (Å²) in [6.45, 7) is 2.19. The first kappa shape index (κ1) is 33.2. The van der Waals surface area contributed by atoms with Gasteiger partial charge in [0, 0.05) is 41.1 Å². The zero-order chi connectivity index (χ0) is 36.9. The van der Waals surface area contributed by atoms with Gasteiger partial charge in [-0.3, -0.25) is 0 Å². The molecule has 3 aliphatic carbocycles. The van der Waals surface area contributed by atoms with E-state index in [4.69, 9.17) is 14.4 Å². The molecular formula is C51H41N3O. The monoisotopic (exact) mass is 711 g/mol. The van der Waals surface area contributed by atoms with Gasteiger partial charge in [0.05, 0.1) is 11.8 Å². The summed E-state index contributed by atoms with van der Waals surface area (Å²) >= 11 is 0. The van der Waals surface area contributed by atoms with Gasteiger partial charge in [0.15, 0.2) is 12.0 Å². The molecule has 5 aromatic carbocycles. The maximum Gasteiger partial charge on any atom is 0.159 e. The largest absolute Gasteiger partial charge is 0.460 e. The van der Waals surface area contributed by atoms with Crippen molar-refractivity contribution in [3.8, 4) is 23.0 Å². The molecule has 55 heavy (non-hydrogen) atoms. The van der Waals surface area contributed by atoms with Crippen molar-refractivity contribution in [2.45, 2.75) is 44.7 Å². The van der Waals surface area contributed by atoms with Crippen molar-refractivity contribution in [2.24, 2.45) is 15.9 Å². The van der Waals surface area contributed by atoms with Crippen molar-refractivity contribution >= 4 is 39.5 Å². The van der Waals surface area contributed by atoms with Crippen molar-refractivity contribution in [3.05, 3.63) is 184 Å². The molecule has 6 aromatic rings. The number of hydrogen-bond acceptors (Lipinski definition) is 4. The number of rotatable bonds is 5. The topological polar surface area (TPSA) is 41.1 Å². The molecule has 0 fully saturated rings. The van der Waals surface area contributed by atoms with Gasteiger partial charge in [-0.1, -0.05) is 139 Å². The maximum absolute atomic E-state index is 6.49. The molecule has 4 aliphatic rings. The lowest BCUT2D eigenvalue weighted by molar-refractivity contribution is 0.383. The fourth-order valence-electron chi connectivity index (χ4n) is 8.68. The fraction of sp³-hybridized carbons (Fsp3) is 0.176. The SMILES string of the molecule is Cc1ccc2oc3c(c2c1C1N=C(c2cc(-c4cccc5ccccc45)cc(C4C#CC5C=CCC/C5=C/C=C\4)c2)N=C(c2ccccc2)N1C)C=CCC3. The molecule has 266 valence electrons. The van der Waals surface area contributed by atoms with Crippen LogP contribution in [0.5, 0.6) is 0 Å². The standard InChI is InChI=1S/C51H41N3O/c1-33-26-29-46-48(44-23-10-11-25-45(44)55-46)47(33)51-53-49(52-50(54(51)2)38-17-4-3-5-18-38)41-31-39(36-20-12-19-34-14-6-7-15-35(34)27-28-36)30-40(32-41)43-24-13-21-37-16-8-9-22-42(37)43/h3-5,7-10,12-13,15-24,26,29-32,35-36,51H,6,11,14,25H2,1-2H3/b20-12-,34-19-. The zero-order valence-corrected chi connectivity index (χ0v) is 31.2. The van der Waals surface area contributed by atoms with Gasteiger partial charge < -0.3 is 9.32 Å². The molecule has 1 aliphatic heterocycles. The minimum absolute atomic E-state index is 0.0951. The van der Waals surface area contributed by atoms with Crippen LogP contribution in [-0.4, -0.2) is 23.6 Å². The minimum Gasteiger partial charge on any atom is -0.460 e. The van der Waals surface area contributed by atoms with E-state index in [1.807, 2.05) is 0 Å². The molecule has 0 N–H and O–H groups in total. The summed E-state index contributed by atoms with van der Waals surface area (Å²) in [5.74, 6) is 10.0. The van der Waals surface area contributed by atoms with Crippen molar-refractivity contribution in [3.63, 3.8) is 0 Å². The van der Waals surface area contributed by atoms with Crippen LogP contribution in [0.2, 0.25) is 0 Å². The first-order chi connectivity index (χ1) is 27.1. The highest BCUT2D eigenvalue weighted by atomic mass is 16.3. The van der Waals surface area contributed by atoms with Crippen LogP contribution in [0.1, 0.15) is 70.5 Å². The Kier molecular flexibility index (Phi) is 8.29. The average Bonchev–Trinajstić information content (AvgIpc) is 3.60. The first-order valence-corrected chi connectivity index (χ1v) is 19.4. The maximum atomic E-state index is 6.49. The van der Waals surface area contributed by atoms with Crippen LogP contribution >= 0.6 is 0 Å². The van der Waals surface area contributed by atoms with Gasteiger partial charge in [-0.05, 0) is 83.5 Å². The van der Waals surface area contributed by atoms with Gasteiger partial charge in [-0.2, -0.15) is 0 Å². The second-order valence-corrected chi connectivity index (χ2v) is 15.0. The van der Waals surface area contributed by atoms with E-state index in [-0.39, 0.29) is 18.0 Å². The van der Waals surface area contributed by atoms with Crippen LogP contribution in [0, 0.1) is 24.7 Å². The highest BCUT2D eigenvalue weighted by Crippen LogP contribution is 2.41. The summed E-state index contributed by atoms with van der Waals surface area (Å²) in [4.78, 5) is 13.3. The smallest absolute Gasteiger partial charge is 0.159 e. The van der Waals surface area contributed by atoms with E-state index in [9.17, 15) is 0 Å². The Morgan fingerprint density at radius 2 is 1.58 bits per heavy atom. The Labute approximate surface area is 322 Å². The molecule has 10 rings (SSSR count). The number of hydrogen-bond donors (Lipinski definition) is 0. The van der Waals surface area contributed by atoms with Crippen LogP contribution in [-0.2, 0) is 6.42 Å². The minimum atomic E-state index is -0.337. The number of nitrogens with zero attached hydrogens (tertiary/aromatic N) is 3. The molecule has 4 nitrogen and oxygen atoms in total. The molecular weight excluding hydrogens is 671 g/mol. The Balaban J connectivity index is 1.20. The van der Waals surface area contributed by atoms with E-state index < -0.39 is 0 Å². The van der Waals surface area contributed by atoms with Crippen LogP contribution in [0.15, 0.2) is 160 Å².